The molecule has 0 aromatic heterocycles. The maximum absolute atomic E-state index is 13.8. The van der Waals surface area contributed by atoms with Gasteiger partial charge in [0.15, 0.2) is 11.9 Å². The third-order valence-electron chi connectivity index (χ3n) is 6.57. The first kappa shape index (κ1) is 22.3. The molecule has 2 atom stereocenters. The fraction of sp³-hybridized carbons (Fsp3) is 0.522. The predicted octanol–water partition coefficient (Wildman–Crippen LogP) is -0.0987. The van der Waals surface area contributed by atoms with Crippen molar-refractivity contribution in [2.24, 2.45) is 11.7 Å². The second-order valence-corrected chi connectivity index (χ2v) is 8.57. The number of ketones is 1. The van der Waals surface area contributed by atoms with Crippen LogP contribution in [0.4, 0.5) is 0 Å². The van der Waals surface area contributed by atoms with E-state index < -0.39 is 12.1 Å². The number of nitrogens with two attached hydrogens (primary N) is 1. The van der Waals surface area contributed by atoms with Crippen LogP contribution in [0.25, 0.3) is 5.70 Å². The normalized spacial score (nSPS) is 23.4. The van der Waals surface area contributed by atoms with E-state index in [0.29, 0.717) is 42.9 Å². The highest BCUT2D eigenvalue weighted by Crippen LogP contribution is 2.34. The summed E-state index contributed by atoms with van der Waals surface area (Å²) in [7, 11) is 1.79. The number of likely N-dealkylation sites (N-methyl/N-ethyl adjacent to an activating group) is 2. The Labute approximate surface area is 188 Å². The molecule has 172 valence electrons. The molecule has 1 unspecified atom stereocenters. The van der Waals surface area contributed by atoms with Crippen molar-refractivity contribution < 1.29 is 14.4 Å². The molecule has 4 N–H and O–H groups in total. The molecule has 1 aromatic carbocycles. The van der Waals surface area contributed by atoms with Crippen molar-refractivity contribution in [2.45, 2.75) is 19.5 Å². The summed E-state index contributed by atoms with van der Waals surface area (Å²) in [4.78, 5) is 44.8. The molecule has 3 aliphatic heterocycles. The predicted molar refractivity (Wildman–Crippen MR) is 122 cm³/mol. The number of nitrogens with zero attached hydrogens (tertiary/aromatic N) is 3. The number of carbonyl (C=O) groups excluding carboxylic acids is 3. The largest absolute Gasteiger partial charge is 0.366 e. The van der Waals surface area contributed by atoms with Crippen LogP contribution in [0, 0.1) is 5.92 Å². The molecule has 1 aromatic rings. The van der Waals surface area contributed by atoms with Crippen molar-refractivity contribution in [3.05, 3.63) is 41.1 Å². The smallest absolute Gasteiger partial charge is 0.261 e. The SMILES string of the molecule is CCN1C(c2cccc(C(=O)[C@@H]3CCNC3)c2C(=O)N2CCNCC2)=CN(C)C1C(N)=O. The molecule has 0 spiro atoms. The minimum absolute atomic E-state index is 0.00298. The van der Waals surface area contributed by atoms with Crippen LogP contribution in [-0.4, -0.2) is 91.3 Å². The number of amides is 2. The van der Waals surface area contributed by atoms with E-state index in [0.717, 1.165) is 31.8 Å². The Morgan fingerprint density at radius 1 is 1.12 bits per heavy atom. The molecule has 2 fully saturated rings. The highest BCUT2D eigenvalue weighted by Gasteiger charge is 2.37. The minimum Gasteiger partial charge on any atom is -0.366 e. The monoisotopic (exact) mass is 440 g/mol. The van der Waals surface area contributed by atoms with Crippen LogP contribution in [0.2, 0.25) is 0 Å². The summed E-state index contributed by atoms with van der Waals surface area (Å²) in [6.45, 7) is 6.53. The quantitative estimate of drug-likeness (QED) is 0.530. The summed E-state index contributed by atoms with van der Waals surface area (Å²) in [6, 6.07) is 5.46. The fourth-order valence-electron chi connectivity index (χ4n) is 4.94. The van der Waals surface area contributed by atoms with Crippen molar-refractivity contribution in [3.8, 4) is 0 Å². The lowest BCUT2D eigenvalue weighted by Crippen LogP contribution is -2.48. The molecular formula is C23H32N6O3. The summed E-state index contributed by atoms with van der Waals surface area (Å²) in [5.41, 5.74) is 7.96. The highest BCUT2D eigenvalue weighted by atomic mass is 16.2. The maximum Gasteiger partial charge on any atom is 0.261 e. The van der Waals surface area contributed by atoms with E-state index in [1.807, 2.05) is 30.2 Å². The van der Waals surface area contributed by atoms with Crippen LogP contribution in [0.1, 0.15) is 39.6 Å². The lowest BCUT2D eigenvalue weighted by atomic mass is 9.89. The van der Waals surface area contributed by atoms with Gasteiger partial charge in [-0.3, -0.25) is 14.4 Å². The van der Waals surface area contributed by atoms with E-state index in [1.54, 1.807) is 22.9 Å². The van der Waals surface area contributed by atoms with Gasteiger partial charge in [-0.05, 0) is 19.9 Å². The Bertz CT molecular complexity index is 934. The number of primary amides is 1. The zero-order chi connectivity index (χ0) is 22.8. The molecular weight excluding hydrogens is 408 g/mol. The average Bonchev–Trinajstić information content (AvgIpc) is 3.46. The van der Waals surface area contributed by atoms with E-state index in [9.17, 15) is 14.4 Å². The van der Waals surface area contributed by atoms with E-state index in [2.05, 4.69) is 10.6 Å². The number of carbonyl (C=O) groups is 3. The van der Waals surface area contributed by atoms with Crippen LogP contribution in [0.5, 0.6) is 0 Å². The number of hydrogen-bond donors (Lipinski definition) is 3. The Kier molecular flexibility index (Phi) is 6.48. The fourth-order valence-corrected chi connectivity index (χ4v) is 4.94. The van der Waals surface area contributed by atoms with Gasteiger partial charge in [0, 0.05) is 69.6 Å². The number of piperazine rings is 1. The van der Waals surface area contributed by atoms with E-state index in [1.165, 1.54) is 0 Å². The number of rotatable bonds is 6. The molecule has 0 bridgehead atoms. The van der Waals surface area contributed by atoms with Gasteiger partial charge in [0.2, 0.25) is 0 Å². The van der Waals surface area contributed by atoms with Crippen molar-refractivity contribution in [1.82, 2.24) is 25.3 Å². The number of nitrogens with one attached hydrogen (secondary N) is 2. The molecule has 2 saturated heterocycles. The van der Waals surface area contributed by atoms with Crippen LogP contribution in [0.15, 0.2) is 24.4 Å². The van der Waals surface area contributed by atoms with Gasteiger partial charge in [-0.1, -0.05) is 18.2 Å². The van der Waals surface area contributed by atoms with Gasteiger partial charge in [0.25, 0.3) is 11.8 Å². The molecule has 3 heterocycles. The zero-order valence-electron chi connectivity index (χ0n) is 18.8. The van der Waals surface area contributed by atoms with Crippen molar-refractivity contribution in [2.75, 3.05) is 52.9 Å². The first-order valence-corrected chi connectivity index (χ1v) is 11.3. The van der Waals surface area contributed by atoms with Crippen molar-refractivity contribution in [3.63, 3.8) is 0 Å². The topological polar surface area (TPSA) is 111 Å². The van der Waals surface area contributed by atoms with Crippen LogP contribution >= 0.6 is 0 Å². The number of Topliss-reactive ketones (excluding diaryl/α,β-unsaturated/α-hetero) is 1. The maximum atomic E-state index is 13.8. The summed E-state index contributed by atoms with van der Waals surface area (Å²) < 4.78 is 0. The Morgan fingerprint density at radius 3 is 2.50 bits per heavy atom. The average molecular weight is 441 g/mol. The molecule has 0 aliphatic carbocycles. The van der Waals surface area contributed by atoms with Gasteiger partial charge in [0.05, 0.1) is 11.3 Å². The molecule has 9 heteroatoms. The second-order valence-electron chi connectivity index (χ2n) is 8.57. The second kappa shape index (κ2) is 9.30. The standard InChI is InChI=1S/C23H32N6O3/c1-3-29-18(14-27(2)22(29)21(24)31)16-5-4-6-17(20(30)15-7-8-26-13-15)19(16)23(32)28-11-9-25-10-12-28/h4-6,14-15,22,25-26H,3,7-13H2,1-2H3,(H2,24,31)/t15-,22?/m1/s1. The molecule has 0 saturated carbocycles. The van der Waals surface area contributed by atoms with Gasteiger partial charge in [-0.25, -0.2) is 0 Å². The summed E-state index contributed by atoms with van der Waals surface area (Å²) in [6.07, 6.45) is 1.98. The van der Waals surface area contributed by atoms with Crippen molar-refractivity contribution >= 4 is 23.3 Å². The lowest BCUT2D eigenvalue weighted by molar-refractivity contribution is -0.125. The van der Waals surface area contributed by atoms with Crippen LogP contribution < -0.4 is 16.4 Å². The van der Waals surface area contributed by atoms with E-state index in [4.69, 9.17) is 5.73 Å². The Balaban J connectivity index is 1.82. The van der Waals surface area contributed by atoms with Crippen molar-refractivity contribution in [1.29, 1.82) is 0 Å². The van der Waals surface area contributed by atoms with Gasteiger partial charge in [-0.15, -0.1) is 0 Å². The number of hydrogen-bond acceptors (Lipinski definition) is 7. The minimum atomic E-state index is -0.629. The van der Waals surface area contributed by atoms with Crippen LogP contribution in [0.3, 0.4) is 0 Å². The first-order valence-electron chi connectivity index (χ1n) is 11.3. The molecule has 2 amide bonds. The highest BCUT2D eigenvalue weighted by molar-refractivity contribution is 6.11. The van der Waals surface area contributed by atoms with E-state index in [-0.39, 0.29) is 17.6 Å². The molecule has 3 aliphatic rings. The first-order chi connectivity index (χ1) is 15.4. The lowest BCUT2D eigenvalue weighted by Gasteiger charge is -2.32. The van der Waals surface area contributed by atoms with Gasteiger partial charge < -0.3 is 31.1 Å². The van der Waals surface area contributed by atoms with E-state index >= 15 is 0 Å². The summed E-state index contributed by atoms with van der Waals surface area (Å²) >= 11 is 0. The van der Waals surface area contributed by atoms with Gasteiger partial charge in [-0.2, -0.15) is 0 Å². The number of benzene rings is 1. The Morgan fingerprint density at radius 2 is 1.88 bits per heavy atom. The Hall–Kier alpha value is -2.91. The molecule has 32 heavy (non-hydrogen) atoms. The molecule has 9 nitrogen and oxygen atoms in total. The van der Waals surface area contributed by atoms with Crippen LogP contribution in [-0.2, 0) is 4.79 Å². The van der Waals surface area contributed by atoms with Gasteiger partial charge >= 0.3 is 0 Å². The van der Waals surface area contributed by atoms with Gasteiger partial charge in [0.1, 0.15) is 0 Å². The summed E-state index contributed by atoms with van der Waals surface area (Å²) in [5.74, 6) is -0.740. The molecule has 4 rings (SSSR count). The zero-order valence-corrected chi connectivity index (χ0v) is 18.8. The molecule has 0 radical (unpaired) electrons. The third kappa shape index (κ3) is 3.98. The third-order valence-corrected chi connectivity index (χ3v) is 6.57. The summed E-state index contributed by atoms with van der Waals surface area (Å²) in [5, 5.41) is 6.51.